The van der Waals surface area contributed by atoms with Crippen LogP contribution in [0.4, 0.5) is 5.82 Å². The van der Waals surface area contributed by atoms with E-state index in [0.29, 0.717) is 28.7 Å². The maximum atomic E-state index is 9.40. The van der Waals surface area contributed by atoms with Crippen molar-refractivity contribution in [2.75, 3.05) is 25.6 Å². The van der Waals surface area contributed by atoms with Crippen LogP contribution in [0.1, 0.15) is 25.7 Å². The predicted molar refractivity (Wildman–Crippen MR) is 74.6 cm³/mol. The molecule has 1 aliphatic carbocycles. The van der Waals surface area contributed by atoms with E-state index < -0.39 is 0 Å². The Bertz CT molecular complexity index is 417. The summed E-state index contributed by atoms with van der Waals surface area (Å²) in [7, 11) is 1.52. The summed E-state index contributed by atoms with van der Waals surface area (Å²) in [4.78, 5) is 8.13. The van der Waals surface area contributed by atoms with Crippen molar-refractivity contribution in [1.82, 2.24) is 9.97 Å². The lowest BCUT2D eigenvalue weighted by Crippen LogP contribution is -2.28. The molecule has 1 saturated carbocycles. The Kier molecular flexibility index (Phi) is 5.22. The first-order valence-electron chi connectivity index (χ1n) is 6.66. The number of halogens is 1. The number of methoxy groups -OCH3 is 1. The van der Waals surface area contributed by atoms with Crippen LogP contribution in [-0.4, -0.2) is 35.3 Å². The molecule has 0 amide bonds. The van der Waals surface area contributed by atoms with Gasteiger partial charge in [0.2, 0.25) is 0 Å². The highest BCUT2D eigenvalue weighted by Crippen LogP contribution is 2.30. The van der Waals surface area contributed by atoms with Gasteiger partial charge in [0.1, 0.15) is 5.02 Å². The summed E-state index contributed by atoms with van der Waals surface area (Å²) in [6, 6.07) is 0.300. The number of hydrogen-bond acceptors (Lipinski definition) is 5. The Hall–Kier alpha value is -1.07. The molecule has 0 saturated heterocycles. The molecule has 0 spiro atoms. The maximum Gasteiger partial charge on any atom is 0.318 e. The molecule has 0 aromatic carbocycles. The Morgan fingerprint density at radius 1 is 1.42 bits per heavy atom. The lowest BCUT2D eigenvalue weighted by atomic mass is 9.79. The van der Waals surface area contributed by atoms with Crippen LogP contribution in [0.15, 0.2) is 6.20 Å². The van der Waals surface area contributed by atoms with E-state index in [2.05, 4.69) is 15.3 Å². The molecule has 1 aromatic rings. The number of hydrogen-bond donors (Lipinski definition) is 2. The lowest BCUT2D eigenvalue weighted by Gasteiger charge is -2.30. The summed E-state index contributed by atoms with van der Waals surface area (Å²) in [6.45, 7) is 1.03. The van der Waals surface area contributed by atoms with Crippen LogP contribution < -0.4 is 10.1 Å². The van der Waals surface area contributed by atoms with Crippen LogP contribution in [0.25, 0.3) is 0 Å². The summed E-state index contributed by atoms with van der Waals surface area (Å²) in [5, 5.41) is 13.1. The monoisotopic (exact) mass is 285 g/mol. The first kappa shape index (κ1) is 14.3. The molecule has 0 bridgehead atoms. The fraction of sp³-hybridized carbons (Fsp3) is 0.692. The number of rotatable bonds is 5. The molecular formula is C13H20ClN3O2. The van der Waals surface area contributed by atoms with Crippen molar-refractivity contribution in [3.63, 3.8) is 0 Å². The number of aromatic nitrogens is 2. The van der Waals surface area contributed by atoms with Gasteiger partial charge in [-0.2, -0.15) is 4.98 Å². The van der Waals surface area contributed by atoms with Gasteiger partial charge in [-0.3, -0.25) is 0 Å². The van der Waals surface area contributed by atoms with E-state index in [1.165, 1.54) is 26.1 Å². The van der Waals surface area contributed by atoms with Gasteiger partial charge in [-0.05, 0) is 24.7 Å². The van der Waals surface area contributed by atoms with Gasteiger partial charge in [0.15, 0.2) is 5.82 Å². The largest absolute Gasteiger partial charge is 0.467 e. The number of nitrogens with zero attached hydrogens (tertiary/aromatic N) is 2. The van der Waals surface area contributed by atoms with Crippen molar-refractivity contribution >= 4 is 17.4 Å². The Balaban J connectivity index is 1.97. The van der Waals surface area contributed by atoms with Crippen molar-refractivity contribution < 1.29 is 9.84 Å². The van der Waals surface area contributed by atoms with Gasteiger partial charge >= 0.3 is 6.01 Å². The SMILES string of the molecule is COc1ncc(Cl)c(NCC2CCCCC2CO)n1. The van der Waals surface area contributed by atoms with E-state index in [1.807, 2.05) is 0 Å². The highest BCUT2D eigenvalue weighted by molar-refractivity contribution is 6.32. The van der Waals surface area contributed by atoms with E-state index in [0.717, 1.165) is 19.4 Å². The van der Waals surface area contributed by atoms with Crippen LogP contribution in [0.5, 0.6) is 6.01 Å². The minimum Gasteiger partial charge on any atom is -0.467 e. The van der Waals surface area contributed by atoms with Crippen LogP contribution in [0.2, 0.25) is 5.02 Å². The Morgan fingerprint density at radius 3 is 2.84 bits per heavy atom. The van der Waals surface area contributed by atoms with Crippen LogP contribution >= 0.6 is 11.6 Å². The second-order valence-electron chi connectivity index (χ2n) is 4.92. The van der Waals surface area contributed by atoms with Gasteiger partial charge < -0.3 is 15.2 Å². The molecule has 106 valence electrons. The topological polar surface area (TPSA) is 67.3 Å². The second-order valence-corrected chi connectivity index (χ2v) is 5.33. The van der Waals surface area contributed by atoms with Crippen molar-refractivity contribution in [1.29, 1.82) is 0 Å². The van der Waals surface area contributed by atoms with Crippen molar-refractivity contribution in [2.45, 2.75) is 25.7 Å². The molecule has 1 heterocycles. The number of ether oxygens (including phenoxy) is 1. The maximum absolute atomic E-state index is 9.40. The molecule has 2 N–H and O–H groups in total. The summed E-state index contributed by atoms with van der Waals surface area (Å²) in [5.74, 6) is 1.44. The molecule has 6 heteroatoms. The average Bonchev–Trinajstić information content (AvgIpc) is 2.46. The zero-order chi connectivity index (χ0) is 13.7. The van der Waals surface area contributed by atoms with Crippen LogP contribution in [0, 0.1) is 11.8 Å². The van der Waals surface area contributed by atoms with Gasteiger partial charge in [-0.1, -0.05) is 24.4 Å². The smallest absolute Gasteiger partial charge is 0.318 e. The quantitative estimate of drug-likeness (QED) is 0.869. The highest BCUT2D eigenvalue weighted by atomic mass is 35.5. The summed E-state index contributed by atoms with van der Waals surface area (Å²) in [6.07, 6.45) is 6.20. The molecule has 2 atom stereocenters. The van der Waals surface area contributed by atoms with E-state index in [9.17, 15) is 5.11 Å². The molecule has 1 aliphatic rings. The fourth-order valence-corrected chi connectivity index (χ4v) is 2.75. The molecule has 1 fully saturated rings. The molecule has 19 heavy (non-hydrogen) atoms. The number of aliphatic hydroxyl groups is 1. The lowest BCUT2D eigenvalue weighted by molar-refractivity contribution is 0.141. The second kappa shape index (κ2) is 6.91. The first-order chi connectivity index (χ1) is 9.24. The molecule has 2 unspecified atom stereocenters. The summed E-state index contributed by atoms with van der Waals surface area (Å²) in [5.41, 5.74) is 0. The minimum absolute atomic E-state index is 0.257. The Labute approximate surface area is 118 Å². The van der Waals surface area contributed by atoms with Crippen molar-refractivity contribution in [3.05, 3.63) is 11.2 Å². The van der Waals surface area contributed by atoms with E-state index in [1.54, 1.807) is 0 Å². The van der Waals surface area contributed by atoms with Gasteiger partial charge in [-0.25, -0.2) is 4.98 Å². The van der Waals surface area contributed by atoms with Gasteiger partial charge in [0.05, 0.1) is 13.3 Å². The normalized spacial score (nSPS) is 23.1. The minimum atomic E-state index is 0.257. The highest BCUT2D eigenvalue weighted by Gasteiger charge is 2.24. The zero-order valence-corrected chi connectivity index (χ0v) is 11.9. The molecule has 1 aromatic heterocycles. The van der Waals surface area contributed by atoms with E-state index in [4.69, 9.17) is 16.3 Å². The molecule has 5 nitrogen and oxygen atoms in total. The van der Waals surface area contributed by atoms with E-state index in [-0.39, 0.29) is 6.61 Å². The van der Waals surface area contributed by atoms with Gasteiger partial charge in [0, 0.05) is 13.2 Å². The predicted octanol–water partition coefficient (Wildman–Crippen LogP) is 2.35. The third kappa shape index (κ3) is 3.70. The summed E-state index contributed by atoms with van der Waals surface area (Å²) < 4.78 is 4.98. The standard InChI is InChI=1S/C13H20ClN3O2/c1-19-13-16-7-11(14)12(17-13)15-6-9-4-2-3-5-10(9)8-18/h7,9-10,18H,2-6,8H2,1H3,(H,15,16,17). The molecule has 2 rings (SSSR count). The molecular weight excluding hydrogens is 266 g/mol. The number of aliphatic hydroxyl groups excluding tert-OH is 1. The van der Waals surface area contributed by atoms with E-state index >= 15 is 0 Å². The zero-order valence-electron chi connectivity index (χ0n) is 11.1. The van der Waals surface area contributed by atoms with Crippen molar-refractivity contribution in [2.24, 2.45) is 11.8 Å². The van der Waals surface area contributed by atoms with Crippen molar-refractivity contribution in [3.8, 4) is 6.01 Å². The average molecular weight is 286 g/mol. The number of nitrogens with one attached hydrogen (secondary N) is 1. The third-order valence-corrected chi connectivity index (χ3v) is 4.01. The molecule has 0 radical (unpaired) electrons. The first-order valence-corrected chi connectivity index (χ1v) is 7.03. The van der Waals surface area contributed by atoms with Gasteiger partial charge in [0.25, 0.3) is 0 Å². The number of anilines is 1. The van der Waals surface area contributed by atoms with Crippen LogP contribution in [0.3, 0.4) is 0 Å². The third-order valence-electron chi connectivity index (χ3n) is 3.74. The fourth-order valence-electron chi connectivity index (χ4n) is 2.59. The van der Waals surface area contributed by atoms with Gasteiger partial charge in [-0.15, -0.1) is 0 Å². The molecule has 0 aliphatic heterocycles. The Morgan fingerprint density at radius 2 is 2.16 bits per heavy atom. The van der Waals surface area contributed by atoms with Crippen LogP contribution in [-0.2, 0) is 0 Å². The summed E-state index contributed by atoms with van der Waals surface area (Å²) >= 11 is 6.05.